The number of benzene rings is 1. The Kier molecular flexibility index (Phi) is 4.41. The summed E-state index contributed by atoms with van der Waals surface area (Å²) < 4.78 is 0.963. The minimum absolute atomic E-state index is 0.297. The zero-order valence-electron chi connectivity index (χ0n) is 11.9. The number of rotatable bonds is 3. The van der Waals surface area contributed by atoms with Crippen molar-refractivity contribution in [2.45, 2.75) is 38.8 Å². The lowest BCUT2D eigenvalue weighted by Crippen LogP contribution is -2.37. The highest BCUT2D eigenvalue weighted by atomic mass is 79.9. The van der Waals surface area contributed by atoms with Gasteiger partial charge >= 0.3 is 0 Å². The SMILES string of the molecule is Cc1ccc(CN2CCC([C@@H]3CC(Br)=NO3)CC2)cc1. The standard InChI is InChI=1S/C16H21BrN2O/c1-12-2-4-13(5-3-12)11-19-8-6-14(7-9-19)15-10-16(17)18-20-15/h2-5,14-15H,6-11H2,1H3/t15-/m0/s1. The Hall–Kier alpha value is -0.870. The fourth-order valence-corrected chi connectivity index (χ4v) is 3.46. The van der Waals surface area contributed by atoms with E-state index in [1.807, 2.05) is 0 Å². The van der Waals surface area contributed by atoms with E-state index in [2.05, 4.69) is 57.2 Å². The van der Waals surface area contributed by atoms with Crippen LogP contribution in [0.25, 0.3) is 0 Å². The average Bonchev–Trinajstić information content (AvgIpc) is 2.89. The molecule has 3 nitrogen and oxygen atoms in total. The second kappa shape index (κ2) is 6.27. The summed E-state index contributed by atoms with van der Waals surface area (Å²) in [6, 6.07) is 8.88. The highest BCUT2D eigenvalue weighted by Crippen LogP contribution is 2.29. The number of halogens is 1. The number of hydrogen-bond acceptors (Lipinski definition) is 3. The number of nitrogens with zero attached hydrogens (tertiary/aromatic N) is 2. The Labute approximate surface area is 129 Å². The lowest BCUT2D eigenvalue weighted by molar-refractivity contribution is 0.0127. The van der Waals surface area contributed by atoms with Crippen LogP contribution < -0.4 is 0 Å². The molecule has 0 saturated carbocycles. The predicted molar refractivity (Wildman–Crippen MR) is 85.0 cm³/mol. The highest BCUT2D eigenvalue weighted by molar-refractivity contribution is 9.18. The molecule has 1 atom stereocenters. The van der Waals surface area contributed by atoms with E-state index in [0.29, 0.717) is 12.0 Å². The topological polar surface area (TPSA) is 24.8 Å². The van der Waals surface area contributed by atoms with Crippen LogP contribution in [-0.4, -0.2) is 28.7 Å². The van der Waals surface area contributed by atoms with Gasteiger partial charge in [0.05, 0.1) is 0 Å². The number of likely N-dealkylation sites (tertiary alicyclic amines) is 1. The van der Waals surface area contributed by atoms with Gasteiger partial charge in [-0.2, -0.15) is 0 Å². The summed E-state index contributed by atoms with van der Waals surface area (Å²) in [6.45, 7) is 5.53. The normalized spacial score (nSPS) is 24.5. The van der Waals surface area contributed by atoms with E-state index in [-0.39, 0.29) is 0 Å². The van der Waals surface area contributed by atoms with Crippen LogP contribution in [0.1, 0.15) is 30.4 Å². The van der Waals surface area contributed by atoms with Crippen molar-refractivity contribution >= 4 is 20.6 Å². The molecule has 0 aromatic heterocycles. The van der Waals surface area contributed by atoms with Crippen LogP contribution in [-0.2, 0) is 11.4 Å². The van der Waals surface area contributed by atoms with Gasteiger partial charge in [-0.15, -0.1) is 0 Å². The maximum atomic E-state index is 5.49. The van der Waals surface area contributed by atoms with Crippen LogP contribution in [0.5, 0.6) is 0 Å². The Morgan fingerprint density at radius 2 is 1.95 bits per heavy atom. The number of oxime groups is 1. The Morgan fingerprint density at radius 3 is 2.55 bits per heavy atom. The third-order valence-electron chi connectivity index (χ3n) is 4.34. The van der Waals surface area contributed by atoms with Crippen molar-refractivity contribution in [3.05, 3.63) is 35.4 Å². The molecule has 0 unspecified atom stereocenters. The van der Waals surface area contributed by atoms with Crippen LogP contribution in [0.3, 0.4) is 0 Å². The molecule has 2 heterocycles. The molecular weight excluding hydrogens is 316 g/mol. The molecule has 1 fully saturated rings. The molecule has 0 bridgehead atoms. The maximum Gasteiger partial charge on any atom is 0.136 e. The molecule has 1 aromatic carbocycles. The third kappa shape index (κ3) is 3.41. The van der Waals surface area contributed by atoms with Gasteiger partial charge in [0.25, 0.3) is 0 Å². The quantitative estimate of drug-likeness (QED) is 0.840. The van der Waals surface area contributed by atoms with Crippen molar-refractivity contribution in [3.63, 3.8) is 0 Å². The van der Waals surface area contributed by atoms with Gasteiger partial charge in [-0.3, -0.25) is 4.90 Å². The van der Waals surface area contributed by atoms with E-state index in [0.717, 1.165) is 30.7 Å². The summed E-state index contributed by atoms with van der Waals surface area (Å²) in [7, 11) is 0. The minimum Gasteiger partial charge on any atom is -0.391 e. The van der Waals surface area contributed by atoms with Crippen molar-refractivity contribution in [1.29, 1.82) is 0 Å². The first kappa shape index (κ1) is 14.1. The predicted octanol–water partition coefficient (Wildman–Crippen LogP) is 3.70. The summed E-state index contributed by atoms with van der Waals surface area (Å²) in [5, 5.41) is 4.01. The molecule has 4 heteroatoms. The van der Waals surface area contributed by atoms with Gasteiger partial charge in [-0.1, -0.05) is 35.0 Å². The first-order chi connectivity index (χ1) is 9.70. The molecule has 2 aliphatic rings. The summed E-state index contributed by atoms with van der Waals surface area (Å²) in [6.07, 6.45) is 3.67. The maximum absolute atomic E-state index is 5.49. The largest absolute Gasteiger partial charge is 0.391 e. The summed E-state index contributed by atoms with van der Waals surface area (Å²) in [5.74, 6) is 0.656. The summed E-state index contributed by atoms with van der Waals surface area (Å²) >= 11 is 3.42. The van der Waals surface area contributed by atoms with Gasteiger partial charge in [0.1, 0.15) is 10.7 Å². The number of piperidine rings is 1. The van der Waals surface area contributed by atoms with E-state index in [1.54, 1.807) is 0 Å². The van der Waals surface area contributed by atoms with E-state index >= 15 is 0 Å². The molecule has 2 aliphatic heterocycles. The van der Waals surface area contributed by atoms with Crippen LogP contribution in [0.2, 0.25) is 0 Å². The molecule has 3 rings (SSSR count). The second-order valence-electron chi connectivity index (χ2n) is 5.91. The monoisotopic (exact) mass is 336 g/mol. The number of aryl methyl sites for hydroxylation is 1. The van der Waals surface area contributed by atoms with Crippen molar-refractivity contribution < 1.29 is 4.84 Å². The smallest absolute Gasteiger partial charge is 0.136 e. The summed E-state index contributed by atoms with van der Waals surface area (Å²) in [5.41, 5.74) is 2.74. The van der Waals surface area contributed by atoms with Crippen molar-refractivity contribution in [1.82, 2.24) is 4.90 Å². The Balaban J connectivity index is 1.48. The first-order valence-corrected chi connectivity index (χ1v) is 8.16. The highest BCUT2D eigenvalue weighted by Gasteiger charge is 2.31. The Morgan fingerprint density at radius 1 is 1.25 bits per heavy atom. The molecule has 20 heavy (non-hydrogen) atoms. The molecule has 0 spiro atoms. The average molecular weight is 337 g/mol. The molecule has 0 N–H and O–H groups in total. The molecule has 0 aliphatic carbocycles. The zero-order valence-corrected chi connectivity index (χ0v) is 13.5. The molecule has 1 saturated heterocycles. The van der Waals surface area contributed by atoms with Crippen LogP contribution in [0, 0.1) is 12.8 Å². The van der Waals surface area contributed by atoms with Gasteiger partial charge in [0.15, 0.2) is 0 Å². The summed E-state index contributed by atoms with van der Waals surface area (Å²) in [4.78, 5) is 8.04. The molecule has 0 radical (unpaired) electrons. The lowest BCUT2D eigenvalue weighted by Gasteiger charge is -2.33. The van der Waals surface area contributed by atoms with Gasteiger partial charge in [-0.05, 0) is 54.3 Å². The van der Waals surface area contributed by atoms with Crippen molar-refractivity contribution in [3.8, 4) is 0 Å². The van der Waals surface area contributed by atoms with Gasteiger partial charge in [0.2, 0.25) is 0 Å². The fourth-order valence-electron chi connectivity index (χ4n) is 3.05. The third-order valence-corrected chi connectivity index (χ3v) is 4.81. The lowest BCUT2D eigenvalue weighted by atomic mass is 9.90. The molecule has 108 valence electrons. The van der Waals surface area contributed by atoms with Crippen molar-refractivity contribution in [2.24, 2.45) is 11.1 Å². The van der Waals surface area contributed by atoms with E-state index in [9.17, 15) is 0 Å². The second-order valence-corrected chi connectivity index (χ2v) is 6.83. The van der Waals surface area contributed by atoms with Gasteiger partial charge < -0.3 is 4.84 Å². The van der Waals surface area contributed by atoms with Crippen LogP contribution >= 0.6 is 15.9 Å². The van der Waals surface area contributed by atoms with Gasteiger partial charge in [0, 0.05) is 18.9 Å². The molecule has 0 amide bonds. The minimum atomic E-state index is 0.297. The molecular formula is C16H21BrN2O. The van der Waals surface area contributed by atoms with Gasteiger partial charge in [-0.25, -0.2) is 0 Å². The number of hydrogen-bond donors (Lipinski definition) is 0. The van der Waals surface area contributed by atoms with Crippen LogP contribution in [0.15, 0.2) is 29.4 Å². The first-order valence-electron chi connectivity index (χ1n) is 7.37. The molecule has 1 aromatic rings. The zero-order chi connectivity index (χ0) is 13.9. The van der Waals surface area contributed by atoms with Crippen LogP contribution in [0.4, 0.5) is 0 Å². The van der Waals surface area contributed by atoms with E-state index in [4.69, 9.17) is 4.84 Å². The van der Waals surface area contributed by atoms with E-state index in [1.165, 1.54) is 24.0 Å². The van der Waals surface area contributed by atoms with Crippen molar-refractivity contribution in [2.75, 3.05) is 13.1 Å². The Bertz CT molecular complexity index is 478. The fraction of sp³-hybridized carbons (Fsp3) is 0.562. The van der Waals surface area contributed by atoms with E-state index < -0.39 is 0 Å².